The van der Waals surface area contributed by atoms with Gasteiger partial charge in [-0.1, -0.05) is 11.6 Å². The number of rotatable bonds is 7. The summed E-state index contributed by atoms with van der Waals surface area (Å²) in [6.07, 6.45) is 4.16. The average molecular weight is 443 g/mol. The number of benzene rings is 1. The second-order valence-corrected chi connectivity index (χ2v) is 7.96. The molecule has 3 heterocycles. The lowest BCUT2D eigenvalue weighted by atomic mass is 10.1. The highest BCUT2D eigenvalue weighted by molar-refractivity contribution is 6.34. The van der Waals surface area contributed by atoms with E-state index in [1.54, 1.807) is 33.5 Å². The van der Waals surface area contributed by atoms with Crippen LogP contribution in [-0.4, -0.2) is 67.3 Å². The highest BCUT2D eigenvalue weighted by Crippen LogP contribution is 2.40. The van der Waals surface area contributed by atoms with Crippen molar-refractivity contribution in [3.05, 3.63) is 29.4 Å². The van der Waals surface area contributed by atoms with Crippen LogP contribution < -0.4 is 20.1 Å². The van der Waals surface area contributed by atoms with Gasteiger partial charge in [-0.05, 0) is 38.6 Å². The van der Waals surface area contributed by atoms with Gasteiger partial charge in [0, 0.05) is 42.8 Å². The monoisotopic (exact) mass is 442 g/mol. The smallest absolute Gasteiger partial charge is 0.223 e. The Labute approximate surface area is 186 Å². The van der Waals surface area contributed by atoms with Gasteiger partial charge in [0.1, 0.15) is 17.0 Å². The molecule has 31 heavy (non-hydrogen) atoms. The summed E-state index contributed by atoms with van der Waals surface area (Å²) in [6.45, 7) is 1.90. The van der Waals surface area contributed by atoms with Crippen molar-refractivity contribution >= 4 is 34.3 Å². The van der Waals surface area contributed by atoms with E-state index in [0.717, 1.165) is 36.0 Å². The molecule has 0 spiro atoms. The number of pyridine rings is 1. The number of methoxy groups -OCH3 is 2. The molecule has 1 unspecified atom stereocenters. The van der Waals surface area contributed by atoms with Crippen LogP contribution in [0.1, 0.15) is 12.8 Å². The Morgan fingerprint density at radius 3 is 2.71 bits per heavy atom. The van der Waals surface area contributed by atoms with Crippen molar-refractivity contribution in [2.24, 2.45) is 0 Å². The summed E-state index contributed by atoms with van der Waals surface area (Å²) in [5, 5.41) is 7.86. The lowest BCUT2D eigenvalue weighted by molar-refractivity contribution is 0.322. The van der Waals surface area contributed by atoms with Crippen molar-refractivity contribution in [1.29, 1.82) is 0 Å². The zero-order valence-electron chi connectivity index (χ0n) is 18.2. The summed E-state index contributed by atoms with van der Waals surface area (Å²) >= 11 is 6.63. The minimum absolute atomic E-state index is 0.464. The van der Waals surface area contributed by atoms with Crippen LogP contribution in [-0.2, 0) is 0 Å². The van der Waals surface area contributed by atoms with E-state index in [0.29, 0.717) is 40.0 Å². The van der Waals surface area contributed by atoms with E-state index < -0.39 is 0 Å². The van der Waals surface area contributed by atoms with Crippen molar-refractivity contribution < 1.29 is 9.47 Å². The second kappa shape index (κ2) is 9.11. The number of aromatic nitrogens is 3. The molecule has 2 N–H and O–H groups in total. The summed E-state index contributed by atoms with van der Waals surface area (Å²) in [7, 11) is 7.14. The number of fused-ring (bicyclic) bond motifs is 1. The SMILES string of the molecule is CNc1ncc2cc(-c3cc(OC)cc(OC)c3Cl)nc(NCC3CCCN3C)c2n1. The van der Waals surface area contributed by atoms with E-state index in [1.807, 2.05) is 12.1 Å². The van der Waals surface area contributed by atoms with Crippen molar-refractivity contribution in [2.75, 3.05) is 52.0 Å². The maximum atomic E-state index is 6.63. The second-order valence-electron chi connectivity index (χ2n) is 7.59. The van der Waals surface area contributed by atoms with Gasteiger partial charge in [-0.25, -0.2) is 15.0 Å². The van der Waals surface area contributed by atoms with E-state index in [9.17, 15) is 0 Å². The third-order valence-electron chi connectivity index (χ3n) is 5.71. The van der Waals surface area contributed by atoms with Crippen LogP contribution in [0, 0.1) is 0 Å². The van der Waals surface area contributed by atoms with E-state index in [-0.39, 0.29) is 0 Å². The highest BCUT2D eigenvalue weighted by Gasteiger charge is 2.22. The van der Waals surface area contributed by atoms with Crippen molar-refractivity contribution in [1.82, 2.24) is 19.9 Å². The maximum absolute atomic E-state index is 6.63. The van der Waals surface area contributed by atoms with Crippen LogP contribution >= 0.6 is 11.6 Å². The molecule has 164 valence electrons. The minimum Gasteiger partial charge on any atom is -0.497 e. The molecule has 0 bridgehead atoms. The van der Waals surface area contributed by atoms with Crippen LogP contribution in [0.25, 0.3) is 22.2 Å². The van der Waals surface area contributed by atoms with Gasteiger partial charge in [-0.2, -0.15) is 0 Å². The maximum Gasteiger partial charge on any atom is 0.223 e. The van der Waals surface area contributed by atoms with Crippen molar-refractivity contribution in [3.8, 4) is 22.8 Å². The zero-order valence-corrected chi connectivity index (χ0v) is 19.0. The van der Waals surface area contributed by atoms with Crippen LogP contribution in [0.5, 0.6) is 11.5 Å². The number of ether oxygens (including phenoxy) is 2. The quantitative estimate of drug-likeness (QED) is 0.569. The van der Waals surface area contributed by atoms with Gasteiger partial charge in [0.2, 0.25) is 5.95 Å². The number of likely N-dealkylation sites (tertiary alicyclic amines) is 1. The fraction of sp³-hybridized carbons (Fsp3) is 0.409. The molecule has 1 saturated heterocycles. The average Bonchev–Trinajstić information content (AvgIpc) is 3.21. The Morgan fingerprint density at radius 1 is 1.19 bits per heavy atom. The third kappa shape index (κ3) is 4.31. The molecule has 1 aliphatic rings. The largest absolute Gasteiger partial charge is 0.497 e. The van der Waals surface area contributed by atoms with Gasteiger partial charge in [-0.3, -0.25) is 0 Å². The molecule has 1 atom stereocenters. The molecular weight excluding hydrogens is 416 g/mol. The number of halogens is 1. The molecule has 4 rings (SSSR count). The zero-order chi connectivity index (χ0) is 22.0. The molecule has 1 fully saturated rings. The van der Waals surface area contributed by atoms with Gasteiger partial charge in [0.05, 0.1) is 24.9 Å². The Morgan fingerprint density at radius 2 is 2.03 bits per heavy atom. The van der Waals surface area contributed by atoms with Gasteiger partial charge in [0.15, 0.2) is 5.82 Å². The first-order chi connectivity index (χ1) is 15.0. The third-order valence-corrected chi connectivity index (χ3v) is 6.10. The predicted molar refractivity (Wildman–Crippen MR) is 125 cm³/mol. The number of hydrogen-bond donors (Lipinski definition) is 2. The van der Waals surface area contributed by atoms with E-state index in [2.05, 4.69) is 32.5 Å². The van der Waals surface area contributed by atoms with E-state index in [1.165, 1.54) is 6.42 Å². The van der Waals surface area contributed by atoms with Crippen molar-refractivity contribution in [3.63, 3.8) is 0 Å². The van der Waals surface area contributed by atoms with Gasteiger partial charge in [0.25, 0.3) is 0 Å². The molecule has 1 aliphatic heterocycles. The summed E-state index contributed by atoms with van der Waals surface area (Å²) < 4.78 is 10.9. The summed E-state index contributed by atoms with van der Waals surface area (Å²) in [4.78, 5) is 16.3. The summed E-state index contributed by atoms with van der Waals surface area (Å²) in [6, 6.07) is 6.01. The van der Waals surface area contributed by atoms with E-state index in [4.69, 9.17) is 26.1 Å². The fourth-order valence-electron chi connectivity index (χ4n) is 3.90. The van der Waals surface area contributed by atoms with Gasteiger partial charge >= 0.3 is 0 Å². The molecule has 9 heteroatoms. The number of nitrogens with zero attached hydrogens (tertiary/aromatic N) is 4. The van der Waals surface area contributed by atoms with Gasteiger partial charge in [-0.15, -0.1) is 0 Å². The molecule has 0 radical (unpaired) electrons. The molecule has 3 aromatic rings. The number of nitrogens with one attached hydrogen (secondary N) is 2. The van der Waals surface area contributed by atoms with Crippen LogP contribution in [0.2, 0.25) is 5.02 Å². The Bertz CT molecular complexity index is 1090. The standard InChI is InChI=1S/C22H27ClN6O2/c1-24-22-26-11-13-8-17(16-9-15(30-3)10-18(31-4)19(16)23)27-21(20(13)28-22)25-12-14-6-5-7-29(14)2/h8-11,14H,5-7,12H2,1-4H3,(H,25,27)(H,24,26,28). The Balaban J connectivity index is 1.82. The lowest BCUT2D eigenvalue weighted by Gasteiger charge is -2.21. The van der Waals surface area contributed by atoms with Crippen LogP contribution in [0.15, 0.2) is 24.4 Å². The summed E-state index contributed by atoms with van der Waals surface area (Å²) in [5.41, 5.74) is 2.17. The molecule has 0 aliphatic carbocycles. The molecule has 0 saturated carbocycles. The van der Waals surface area contributed by atoms with Crippen molar-refractivity contribution in [2.45, 2.75) is 18.9 Å². The molecule has 1 aromatic carbocycles. The first-order valence-electron chi connectivity index (χ1n) is 10.3. The fourth-order valence-corrected chi connectivity index (χ4v) is 4.18. The predicted octanol–water partition coefficient (Wildman–Crippen LogP) is 3.91. The first kappa shape index (κ1) is 21.4. The Hall–Kier alpha value is -2.84. The normalized spacial score (nSPS) is 16.5. The van der Waals surface area contributed by atoms with Crippen LogP contribution in [0.3, 0.4) is 0 Å². The number of hydrogen-bond acceptors (Lipinski definition) is 8. The Kier molecular flexibility index (Phi) is 6.29. The van der Waals surface area contributed by atoms with Gasteiger partial charge < -0.3 is 25.0 Å². The molecule has 2 aromatic heterocycles. The first-order valence-corrected chi connectivity index (χ1v) is 10.6. The molecule has 0 amide bonds. The van der Waals surface area contributed by atoms with Crippen LogP contribution in [0.4, 0.5) is 11.8 Å². The van der Waals surface area contributed by atoms with E-state index >= 15 is 0 Å². The molecular formula is C22H27ClN6O2. The molecule has 8 nitrogen and oxygen atoms in total. The number of likely N-dealkylation sites (N-methyl/N-ethyl adjacent to an activating group) is 1. The highest BCUT2D eigenvalue weighted by atomic mass is 35.5. The number of anilines is 2. The topological polar surface area (TPSA) is 84.4 Å². The lowest BCUT2D eigenvalue weighted by Crippen LogP contribution is -2.31. The summed E-state index contributed by atoms with van der Waals surface area (Å²) in [5.74, 6) is 2.41. The minimum atomic E-state index is 0.464.